The van der Waals surface area contributed by atoms with Crippen molar-refractivity contribution in [3.05, 3.63) is 29.8 Å². The lowest BCUT2D eigenvalue weighted by Gasteiger charge is -2.30. The molecule has 2 heteroatoms. The Hall–Kier alpha value is -0.860. The summed E-state index contributed by atoms with van der Waals surface area (Å²) in [6.45, 7) is 5.78. The van der Waals surface area contributed by atoms with Gasteiger partial charge < -0.3 is 5.48 Å². The molecule has 1 N–H and O–H groups in total. The van der Waals surface area contributed by atoms with Gasteiger partial charge in [0.1, 0.15) is 5.69 Å². The zero-order valence-corrected chi connectivity index (χ0v) is 17.4. The van der Waals surface area contributed by atoms with Crippen molar-refractivity contribution in [3.8, 4) is 0 Å². The topological polar surface area (TPSA) is 30.0 Å². The number of unbranched alkanes of at least 4 members (excludes halogenated alkanes) is 11. The van der Waals surface area contributed by atoms with E-state index in [1.807, 2.05) is 0 Å². The zero-order valence-electron chi connectivity index (χ0n) is 17.4. The van der Waals surface area contributed by atoms with Crippen molar-refractivity contribution in [2.24, 2.45) is 0 Å². The van der Waals surface area contributed by atoms with Gasteiger partial charge in [0.15, 0.2) is 0 Å². The third-order valence-corrected chi connectivity index (χ3v) is 5.34. The van der Waals surface area contributed by atoms with Crippen LogP contribution in [0.15, 0.2) is 24.3 Å². The molecule has 0 fully saturated rings. The van der Waals surface area contributed by atoms with E-state index in [4.69, 9.17) is 0 Å². The molecule has 1 aromatic carbocycles. The highest BCUT2D eigenvalue weighted by Gasteiger charge is 2.19. The molecular weight excluding hydrogens is 306 g/mol. The minimum absolute atomic E-state index is 0. The summed E-state index contributed by atoms with van der Waals surface area (Å²) in [6.07, 6.45) is 17.1. The van der Waals surface area contributed by atoms with E-state index in [0.717, 1.165) is 4.48 Å². The Kier molecular flexibility index (Phi) is 13.8. The van der Waals surface area contributed by atoms with Gasteiger partial charge in [-0.15, -0.1) is 0 Å². The van der Waals surface area contributed by atoms with Crippen LogP contribution in [-0.2, 0) is 0 Å². The third kappa shape index (κ3) is 10.7. The van der Waals surface area contributed by atoms with Crippen molar-refractivity contribution in [3.63, 3.8) is 0 Å². The number of hydrogen-bond donors (Lipinski definition) is 0. The number of aryl methyl sites for hydroxylation is 1. The first-order valence-electron chi connectivity index (χ1n) is 10.5. The Morgan fingerprint density at radius 3 is 1.60 bits per heavy atom. The molecule has 2 nitrogen and oxygen atoms in total. The summed E-state index contributed by atoms with van der Waals surface area (Å²) >= 11 is 0. The SMILES string of the molecule is CCCCCCCCCCCCCC[N+](C)(C)c1ccccc1C.[OH-]. The van der Waals surface area contributed by atoms with E-state index in [1.165, 1.54) is 94.8 Å². The Bertz CT molecular complexity index is 428. The minimum Gasteiger partial charge on any atom is -0.870 e. The summed E-state index contributed by atoms with van der Waals surface area (Å²) < 4.78 is 1.02. The van der Waals surface area contributed by atoms with E-state index < -0.39 is 0 Å². The average Bonchev–Trinajstić information content (AvgIpc) is 2.56. The summed E-state index contributed by atoms with van der Waals surface area (Å²) in [6, 6.07) is 8.83. The number of quaternary nitrogens is 1. The monoisotopic (exact) mass is 349 g/mol. The second-order valence-corrected chi connectivity index (χ2v) is 8.08. The smallest absolute Gasteiger partial charge is 0.135 e. The van der Waals surface area contributed by atoms with Crippen molar-refractivity contribution >= 4 is 5.69 Å². The van der Waals surface area contributed by atoms with Gasteiger partial charge in [-0.3, -0.25) is 4.48 Å². The highest BCUT2D eigenvalue weighted by atomic mass is 16.0. The molecule has 0 saturated carbocycles. The van der Waals surface area contributed by atoms with Crippen LogP contribution in [0.2, 0.25) is 0 Å². The fraction of sp³-hybridized carbons (Fsp3) is 0.739. The van der Waals surface area contributed by atoms with E-state index in [0.29, 0.717) is 0 Å². The van der Waals surface area contributed by atoms with Crippen LogP contribution in [0.1, 0.15) is 89.5 Å². The molecule has 0 heterocycles. The lowest BCUT2D eigenvalue weighted by molar-refractivity contribution is 0.379. The molecule has 0 amide bonds. The van der Waals surface area contributed by atoms with Crippen LogP contribution in [0, 0.1) is 6.92 Å². The molecule has 0 aliphatic rings. The lowest BCUT2D eigenvalue weighted by Crippen LogP contribution is -2.41. The summed E-state index contributed by atoms with van der Waals surface area (Å²) in [7, 11) is 4.70. The van der Waals surface area contributed by atoms with Gasteiger partial charge in [-0.05, 0) is 25.8 Å². The van der Waals surface area contributed by atoms with Crippen molar-refractivity contribution in [1.82, 2.24) is 4.48 Å². The normalized spacial score (nSPS) is 11.4. The summed E-state index contributed by atoms with van der Waals surface area (Å²) in [4.78, 5) is 0. The van der Waals surface area contributed by atoms with E-state index in [2.05, 4.69) is 52.2 Å². The molecule has 0 saturated heterocycles. The molecular formula is C23H43NO. The Labute approximate surface area is 157 Å². The van der Waals surface area contributed by atoms with Crippen LogP contribution >= 0.6 is 0 Å². The van der Waals surface area contributed by atoms with Crippen LogP contribution in [0.4, 0.5) is 5.69 Å². The van der Waals surface area contributed by atoms with Gasteiger partial charge in [0.05, 0.1) is 20.6 Å². The lowest BCUT2D eigenvalue weighted by atomic mass is 10.0. The minimum atomic E-state index is 0. The van der Waals surface area contributed by atoms with Crippen LogP contribution in [0.5, 0.6) is 0 Å². The molecule has 0 aliphatic heterocycles. The maximum atomic E-state index is 2.35. The largest absolute Gasteiger partial charge is 0.870 e. The Morgan fingerprint density at radius 1 is 0.680 bits per heavy atom. The highest BCUT2D eigenvalue weighted by molar-refractivity contribution is 5.48. The standard InChI is InChI=1S/C23H42N.H2O/c1-5-6-7-8-9-10-11-12-13-14-15-18-21-24(3,4)23-20-17-16-19-22(23)2;/h16-17,19-20H,5-15,18,21H2,1-4H3;1H2/q+1;/p-1. The van der Waals surface area contributed by atoms with E-state index in [9.17, 15) is 0 Å². The van der Waals surface area contributed by atoms with E-state index >= 15 is 0 Å². The highest BCUT2D eigenvalue weighted by Crippen LogP contribution is 2.24. The molecule has 25 heavy (non-hydrogen) atoms. The van der Waals surface area contributed by atoms with Crippen LogP contribution in [0.25, 0.3) is 0 Å². The maximum Gasteiger partial charge on any atom is 0.135 e. The maximum absolute atomic E-state index is 2.35. The van der Waals surface area contributed by atoms with Gasteiger partial charge in [0.25, 0.3) is 0 Å². The van der Waals surface area contributed by atoms with Crippen molar-refractivity contribution in [2.75, 3.05) is 20.6 Å². The predicted molar refractivity (Wildman–Crippen MR) is 113 cm³/mol. The van der Waals surface area contributed by atoms with Gasteiger partial charge in [-0.25, -0.2) is 0 Å². The first-order valence-corrected chi connectivity index (χ1v) is 10.5. The molecule has 0 aliphatic carbocycles. The molecule has 0 bridgehead atoms. The molecule has 1 rings (SSSR count). The molecule has 0 spiro atoms. The first kappa shape index (κ1) is 24.1. The molecule has 146 valence electrons. The van der Waals surface area contributed by atoms with Crippen LogP contribution < -0.4 is 4.48 Å². The third-order valence-electron chi connectivity index (χ3n) is 5.34. The molecule has 0 aromatic heterocycles. The quantitative estimate of drug-likeness (QED) is 0.260. The number of para-hydroxylation sites is 1. The summed E-state index contributed by atoms with van der Waals surface area (Å²) in [5, 5.41) is 0. The second kappa shape index (κ2) is 14.3. The molecule has 1 aromatic rings. The van der Waals surface area contributed by atoms with Gasteiger partial charge in [-0.1, -0.05) is 89.3 Å². The van der Waals surface area contributed by atoms with Crippen molar-refractivity contribution < 1.29 is 5.48 Å². The molecule has 0 radical (unpaired) electrons. The summed E-state index contributed by atoms with van der Waals surface area (Å²) in [5.41, 5.74) is 2.89. The van der Waals surface area contributed by atoms with Gasteiger partial charge in [0.2, 0.25) is 0 Å². The number of hydrogen-bond acceptors (Lipinski definition) is 1. The van der Waals surface area contributed by atoms with Crippen molar-refractivity contribution in [2.45, 2.75) is 90.9 Å². The number of benzene rings is 1. The average molecular weight is 350 g/mol. The van der Waals surface area contributed by atoms with Gasteiger partial charge >= 0.3 is 0 Å². The zero-order chi connectivity index (χ0) is 17.7. The Balaban J connectivity index is 0.00000576. The fourth-order valence-electron chi connectivity index (χ4n) is 3.71. The predicted octanol–water partition coefficient (Wildman–Crippen LogP) is 7.09. The number of nitrogens with zero attached hydrogens (tertiary/aromatic N) is 1. The first-order chi connectivity index (χ1) is 11.6. The van der Waals surface area contributed by atoms with E-state index in [-0.39, 0.29) is 5.48 Å². The van der Waals surface area contributed by atoms with Crippen LogP contribution in [0.3, 0.4) is 0 Å². The molecule has 0 atom stereocenters. The summed E-state index contributed by atoms with van der Waals surface area (Å²) in [5.74, 6) is 0. The number of rotatable bonds is 14. The van der Waals surface area contributed by atoms with Gasteiger partial charge in [-0.2, -0.15) is 0 Å². The van der Waals surface area contributed by atoms with E-state index in [1.54, 1.807) is 0 Å². The molecule has 0 unspecified atom stereocenters. The van der Waals surface area contributed by atoms with Crippen LogP contribution in [-0.4, -0.2) is 26.1 Å². The van der Waals surface area contributed by atoms with Crippen molar-refractivity contribution in [1.29, 1.82) is 0 Å². The van der Waals surface area contributed by atoms with Gasteiger partial charge in [0, 0.05) is 5.56 Å². The Morgan fingerprint density at radius 2 is 1.12 bits per heavy atom. The fourth-order valence-corrected chi connectivity index (χ4v) is 3.71. The second-order valence-electron chi connectivity index (χ2n) is 8.08.